The number of benzene rings is 1. The summed E-state index contributed by atoms with van der Waals surface area (Å²) in [5, 5.41) is 9.67. The molecule has 72 valence electrons. The highest BCUT2D eigenvalue weighted by molar-refractivity contribution is 5.19. The van der Waals surface area contributed by atoms with Gasteiger partial charge < -0.3 is 10.8 Å². The average Bonchev–Trinajstić information content (AvgIpc) is 2.15. The van der Waals surface area contributed by atoms with Crippen molar-refractivity contribution in [1.29, 1.82) is 0 Å². The molecule has 3 N–H and O–H groups in total. The van der Waals surface area contributed by atoms with E-state index in [1.165, 1.54) is 12.1 Å². The standard InChI is InChI=1S/C10H14FNO/c1-7(6-12)10(13)8-3-2-4-9(11)5-8/h2-5,7,10,13H,6,12H2,1H3. The van der Waals surface area contributed by atoms with Gasteiger partial charge in [0.25, 0.3) is 0 Å². The summed E-state index contributed by atoms with van der Waals surface area (Å²) in [5.74, 6) is -0.387. The molecule has 1 aromatic rings. The molecule has 2 atom stereocenters. The number of nitrogens with two attached hydrogens (primary N) is 1. The average molecular weight is 183 g/mol. The first-order valence-electron chi connectivity index (χ1n) is 4.28. The van der Waals surface area contributed by atoms with Crippen LogP contribution in [-0.2, 0) is 0 Å². The van der Waals surface area contributed by atoms with E-state index < -0.39 is 6.10 Å². The Bertz CT molecular complexity index is 277. The summed E-state index contributed by atoms with van der Waals surface area (Å²) in [6, 6.07) is 5.96. The Morgan fingerprint density at radius 2 is 2.23 bits per heavy atom. The maximum absolute atomic E-state index is 12.8. The molecule has 2 unspecified atom stereocenters. The highest BCUT2D eigenvalue weighted by atomic mass is 19.1. The number of aliphatic hydroxyl groups excluding tert-OH is 1. The molecule has 0 radical (unpaired) electrons. The van der Waals surface area contributed by atoms with Crippen molar-refractivity contribution in [3.63, 3.8) is 0 Å². The largest absolute Gasteiger partial charge is 0.388 e. The fraction of sp³-hybridized carbons (Fsp3) is 0.400. The minimum Gasteiger partial charge on any atom is -0.388 e. The first kappa shape index (κ1) is 10.2. The van der Waals surface area contributed by atoms with Gasteiger partial charge in [0.05, 0.1) is 6.10 Å². The zero-order valence-electron chi connectivity index (χ0n) is 7.57. The number of rotatable bonds is 3. The lowest BCUT2D eigenvalue weighted by molar-refractivity contribution is 0.121. The highest BCUT2D eigenvalue weighted by Gasteiger charge is 2.14. The van der Waals surface area contributed by atoms with Gasteiger partial charge >= 0.3 is 0 Å². The number of hydrogen-bond acceptors (Lipinski definition) is 2. The van der Waals surface area contributed by atoms with E-state index in [4.69, 9.17) is 5.73 Å². The maximum Gasteiger partial charge on any atom is 0.123 e. The summed E-state index contributed by atoms with van der Waals surface area (Å²) in [6.45, 7) is 2.22. The maximum atomic E-state index is 12.8. The summed E-state index contributed by atoms with van der Waals surface area (Å²) in [6.07, 6.45) is -0.680. The van der Waals surface area contributed by atoms with Gasteiger partial charge in [-0.25, -0.2) is 4.39 Å². The molecule has 0 amide bonds. The molecule has 1 rings (SSSR count). The molecule has 0 heterocycles. The zero-order valence-corrected chi connectivity index (χ0v) is 7.57. The predicted octanol–water partition coefficient (Wildman–Crippen LogP) is 1.45. The van der Waals surface area contributed by atoms with Crippen molar-refractivity contribution < 1.29 is 9.50 Å². The number of aliphatic hydroxyl groups is 1. The Hall–Kier alpha value is -0.930. The van der Waals surface area contributed by atoms with Crippen LogP contribution in [0.25, 0.3) is 0 Å². The van der Waals surface area contributed by atoms with Crippen LogP contribution in [0.2, 0.25) is 0 Å². The van der Waals surface area contributed by atoms with E-state index in [-0.39, 0.29) is 11.7 Å². The molecule has 0 aliphatic rings. The van der Waals surface area contributed by atoms with Crippen molar-refractivity contribution >= 4 is 0 Å². The molecule has 0 saturated carbocycles. The lowest BCUT2D eigenvalue weighted by Gasteiger charge is -2.17. The van der Waals surface area contributed by atoms with Crippen molar-refractivity contribution in [1.82, 2.24) is 0 Å². The predicted molar refractivity (Wildman–Crippen MR) is 49.6 cm³/mol. The van der Waals surface area contributed by atoms with Crippen LogP contribution in [0.1, 0.15) is 18.6 Å². The second-order valence-electron chi connectivity index (χ2n) is 3.21. The molecule has 3 heteroatoms. The molecule has 0 saturated heterocycles. The van der Waals surface area contributed by atoms with Crippen molar-refractivity contribution in [3.8, 4) is 0 Å². The SMILES string of the molecule is CC(CN)C(O)c1cccc(F)c1. The first-order valence-corrected chi connectivity index (χ1v) is 4.28. The summed E-state index contributed by atoms with van der Waals surface area (Å²) >= 11 is 0. The molecular weight excluding hydrogens is 169 g/mol. The van der Waals surface area contributed by atoms with E-state index in [2.05, 4.69) is 0 Å². The van der Waals surface area contributed by atoms with Crippen LogP contribution >= 0.6 is 0 Å². The molecule has 2 nitrogen and oxygen atoms in total. The van der Waals surface area contributed by atoms with Gasteiger partial charge in [0, 0.05) is 0 Å². The normalized spacial score (nSPS) is 15.4. The van der Waals surface area contributed by atoms with Gasteiger partial charge in [-0.05, 0) is 30.2 Å². The lowest BCUT2D eigenvalue weighted by atomic mass is 9.98. The van der Waals surface area contributed by atoms with Gasteiger partial charge in [0.1, 0.15) is 5.82 Å². The van der Waals surface area contributed by atoms with Crippen LogP contribution in [-0.4, -0.2) is 11.7 Å². The summed E-state index contributed by atoms with van der Waals surface area (Å²) < 4.78 is 12.8. The summed E-state index contributed by atoms with van der Waals surface area (Å²) in [4.78, 5) is 0. The number of hydrogen-bond donors (Lipinski definition) is 2. The first-order chi connectivity index (χ1) is 6.15. The van der Waals surface area contributed by atoms with Crippen LogP contribution < -0.4 is 5.73 Å². The van der Waals surface area contributed by atoms with Gasteiger partial charge in [0.15, 0.2) is 0 Å². The Labute approximate surface area is 77.2 Å². The third-order valence-electron chi connectivity index (χ3n) is 2.10. The van der Waals surface area contributed by atoms with E-state index >= 15 is 0 Å². The van der Waals surface area contributed by atoms with Gasteiger partial charge in [-0.3, -0.25) is 0 Å². The molecule has 0 aromatic heterocycles. The van der Waals surface area contributed by atoms with Gasteiger partial charge in [-0.15, -0.1) is 0 Å². The van der Waals surface area contributed by atoms with Crippen molar-refractivity contribution in [2.75, 3.05) is 6.54 Å². The minimum absolute atomic E-state index is 0.0539. The molecule has 0 bridgehead atoms. The van der Waals surface area contributed by atoms with E-state index in [1.54, 1.807) is 12.1 Å². The molecule has 0 spiro atoms. The second kappa shape index (κ2) is 4.35. The van der Waals surface area contributed by atoms with Crippen LogP contribution in [0, 0.1) is 11.7 Å². The molecule has 0 fully saturated rings. The van der Waals surface area contributed by atoms with Gasteiger partial charge in [-0.1, -0.05) is 19.1 Å². The summed E-state index contributed by atoms with van der Waals surface area (Å²) in [5.41, 5.74) is 5.98. The van der Waals surface area contributed by atoms with E-state index in [0.717, 1.165) is 0 Å². The van der Waals surface area contributed by atoms with Crippen LogP contribution in [0.5, 0.6) is 0 Å². The van der Waals surface area contributed by atoms with Crippen LogP contribution in [0.3, 0.4) is 0 Å². The Morgan fingerprint density at radius 3 is 2.77 bits per heavy atom. The van der Waals surface area contributed by atoms with Crippen LogP contribution in [0.15, 0.2) is 24.3 Å². The topological polar surface area (TPSA) is 46.2 Å². The van der Waals surface area contributed by atoms with Gasteiger partial charge in [-0.2, -0.15) is 0 Å². The molecule has 1 aromatic carbocycles. The van der Waals surface area contributed by atoms with Crippen molar-refractivity contribution in [2.45, 2.75) is 13.0 Å². The molecule has 0 aliphatic heterocycles. The smallest absolute Gasteiger partial charge is 0.123 e. The zero-order chi connectivity index (χ0) is 9.84. The molecular formula is C10H14FNO. The third kappa shape index (κ3) is 2.50. The Balaban J connectivity index is 2.82. The van der Waals surface area contributed by atoms with E-state index in [0.29, 0.717) is 12.1 Å². The molecule has 13 heavy (non-hydrogen) atoms. The number of halogens is 1. The second-order valence-corrected chi connectivity index (χ2v) is 3.21. The molecule has 0 aliphatic carbocycles. The Kier molecular flexibility index (Phi) is 3.39. The summed E-state index contributed by atoms with van der Waals surface area (Å²) in [7, 11) is 0. The van der Waals surface area contributed by atoms with Crippen LogP contribution in [0.4, 0.5) is 4.39 Å². The van der Waals surface area contributed by atoms with Crippen molar-refractivity contribution in [2.24, 2.45) is 11.7 Å². The fourth-order valence-corrected chi connectivity index (χ4v) is 1.15. The Morgan fingerprint density at radius 1 is 1.54 bits per heavy atom. The lowest BCUT2D eigenvalue weighted by Crippen LogP contribution is -2.18. The van der Waals surface area contributed by atoms with E-state index in [9.17, 15) is 9.50 Å². The minimum atomic E-state index is -0.680. The quantitative estimate of drug-likeness (QED) is 0.745. The van der Waals surface area contributed by atoms with Gasteiger partial charge in [0.2, 0.25) is 0 Å². The fourth-order valence-electron chi connectivity index (χ4n) is 1.15. The highest BCUT2D eigenvalue weighted by Crippen LogP contribution is 2.21. The van der Waals surface area contributed by atoms with Crippen molar-refractivity contribution in [3.05, 3.63) is 35.6 Å². The third-order valence-corrected chi connectivity index (χ3v) is 2.10. The van der Waals surface area contributed by atoms with E-state index in [1.807, 2.05) is 6.92 Å². The monoisotopic (exact) mass is 183 g/mol.